The van der Waals surface area contributed by atoms with Gasteiger partial charge in [-0.2, -0.15) is 10.2 Å². The maximum absolute atomic E-state index is 12.5. The van der Waals surface area contributed by atoms with Crippen LogP contribution in [0.5, 0.6) is 0 Å². The second-order valence-corrected chi connectivity index (χ2v) is 8.83. The standard InChI is InChI=1S/C24H25N7O/c1-15-13-29(24-20-12-25-9-8-21(20)28(3)27-24)23-10-17(4-7-22(23)31(15)16(2)32)18-11-26-30(14-18)19-5-6-19/h4,7-12,14-15,19H,5-6,13H2,1-3H3. The molecule has 0 radical (unpaired) electrons. The Morgan fingerprint density at radius 3 is 2.72 bits per heavy atom. The summed E-state index contributed by atoms with van der Waals surface area (Å²) < 4.78 is 3.95. The smallest absolute Gasteiger partial charge is 0.224 e. The van der Waals surface area contributed by atoms with Crippen LogP contribution in [0.1, 0.15) is 32.7 Å². The summed E-state index contributed by atoms with van der Waals surface area (Å²) in [5.41, 5.74) is 5.06. The van der Waals surface area contributed by atoms with E-state index in [2.05, 4.69) is 44.9 Å². The van der Waals surface area contributed by atoms with Gasteiger partial charge in [0.1, 0.15) is 0 Å². The van der Waals surface area contributed by atoms with E-state index in [9.17, 15) is 4.79 Å². The lowest BCUT2D eigenvalue weighted by atomic mass is 10.0. The molecule has 162 valence electrons. The predicted molar refractivity (Wildman–Crippen MR) is 124 cm³/mol. The lowest BCUT2D eigenvalue weighted by Gasteiger charge is -2.41. The molecule has 1 aliphatic heterocycles. The second kappa shape index (κ2) is 6.91. The van der Waals surface area contributed by atoms with Crippen molar-refractivity contribution in [1.29, 1.82) is 0 Å². The summed E-state index contributed by atoms with van der Waals surface area (Å²) in [5, 5.41) is 10.4. The largest absolute Gasteiger partial charge is 0.320 e. The van der Waals surface area contributed by atoms with Gasteiger partial charge in [0.05, 0.1) is 40.6 Å². The number of nitrogens with zero attached hydrogens (tertiary/aromatic N) is 7. The van der Waals surface area contributed by atoms with Crippen molar-refractivity contribution in [2.24, 2.45) is 7.05 Å². The molecule has 1 fully saturated rings. The highest BCUT2D eigenvalue weighted by Gasteiger charge is 2.33. The van der Waals surface area contributed by atoms with Crippen LogP contribution in [0.15, 0.2) is 49.1 Å². The first-order chi connectivity index (χ1) is 15.5. The van der Waals surface area contributed by atoms with E-state index in [-0.39, 0.29) is 11.9 Å². The highest BCUT2D eigenvalue weighted by molar-refractivity contribution is 6.01. The van der Waals surface area contributed by atoms with Crippen LogP contribution in [0.2, 0.25) is 0 Å². The Hall–Kier alpha value is -3.68. The zero-order valence-corrected chi connectivity index (χ0v) is 18.4. The molecule has 3 aromatic heterocycles. The number of amides is 1. The molecule has 8 heteroatoms. The topological polar surface area (TPSA) is 72.1 Å². The van der Waals surface area contributed by atoms with Crippen LogP contribution in [0, 0.1) is 0 Å². The number of anilines is 3. The third kappa shape index (κ3) is 2.90. The summed E-state index contributed by atoms with van der Waals surface area (Å²) >= 11 is 0. The lowest BCUT2D eigenvalue weighted by molar-refractivity contribution is -0.117. The van der Waals surface area contributed by atoms with Crippen molar-refractivity contribution in [3.8, 4) is 11.1 Å². The summed E-state index contributed by atoms with van der Waals surface area (Å²) in [5.74, 6) is 0.901. The molecule has 1 unspecified atom stereocenters. The number of aromatic nitrogens is 5. The van der Waals surface area contributed by atoms with E-state index in [1.54, 1.807) is 13.1 Å². The van der Waals surface area contributed by atoms with E-state index in [0.29, 0.717) is 12.6 Å². The van der Waals surface area contributed by atoms with E-state index in [4.69, 9.17) is 5.10 Å². The molecular weight excluding hydrogens is 402 g/mol. The quantitative estimate of drug-likeness (QED) is 0.493. The normalized spacial score (nSPS) is 18.3. The zero-order chi connectivity index (χ0) is 22.0. The van der Waals surface area contributed by atoms with E-state index in [0.717, 1.165) is 39.2 Å². The van der Waals surface area contributed by atoms with Crippen LogP contribution in [0.25, 0.3) is 22.0 Å². The zero-order valence-electron chi connectivity index (χ0n) is 18.4. The highest BCUT2D eigenvalue weighted by atomic mass is 16.2. The van der Waals surface area contributed by atoms with Crippen molar-refractivity contribution in [3.63, 3.8) is 0 Å². The fourth-order valence-electron chi connectivity index (χ4n) is 4.80. The molecule has 1 amide bonds. The van der Waals surface area contributed by atoms with E-state index in [1.165, 1.54) is 12.8 Å². The number of fused-ring (bicyclic) bond motifs is 2. The average Bonchev–Trinajstić information content (AvgIpc) is 3.42. The number of hydrogen-bond donors (Lipinski definition) is 0. The summed E-state index contributed by atoms with van der Waals surface area (Å²) in [6.45, 7) is 4.36. The van der Waals surface area contributed by atoms with Crippen molar-refractivity contribution < 1.29 is 4.79 Å². The Balaban J connectivity index is 1.52. The lowest BCUT2D eigenvalue weighted by Crippen LogP contribution is -2.48. The van der Waals surface area contributed by atoms with Gasteiger partial charge >= 0.3 is 0 Å². The first-order valence-corrected chi connectivity index (χ1v) is 11.0. The number of hydrogen-bond acceptors (Lipinski definition) is 5. The van der Waals surface area contributed by atoms with Crippen LogP contribution in [0.4, 0.5) is 17.2 Å². The van der Waals surface area contributed by atoms with Gasteiger partial charge in [-0.05, 0) is 43.5 Å². The molecule has 6 rings (SSSR count). The van der Waals surface area contributed by atoms with Gasteiger partial charge < -0.3 is 9.80 Å². The molecule has 0 spiro atoms. The summed E-state index contributed by atoms with van der Waals surface area (Å²) in [4.78, 5) is 21.0. The molecule has 4 aromatic rings. The SMILES string of the molecule is CC(=O)N1c2ccc(-c3cnn(C4CC4)c3)cc2N(c2nn(C)c3ccncc23)CC1C. The maximum Gasteiger partial charge on any atom is 0.224 e. The first-order valence-electron chi connectivity index (χ1n) is 11.0. The molecule has 1 atom stereocenters. The Morgan fingerprint density at radius 2 is 1.94 bits per heavy atom. The highest BCUT2D eigenvalue weighted by Crippen LogP contribution is 2.44. The molecule has 0 bridgehead atoms. The molecule has 4 heterocycles. The number of benzene rings is 1. The molecule has 0 N–H and O–H groups in total. The summed E-state index contributed by atoms with van der Waals surface area (Å²) in [7, 11) is 1.95. The number of pyridine rings is 1. The molecule has 8 nitrogen and oxygen atoms in total. The third-order valence-electron chi connectivity index (χ3n) is 6.50. The van der Waals surface area contributed by atoms with Crippen molar-refractivity contribution in [2.45, 2.75) is 38.8 Å². The minimum Gasteiger partial charge on any atom is -0.320 e. The minimum atomic E-state index is 0.0113. The molecular formula is C24H25N7O. The van der Waals surface area contributed by atoms with Crippen LogP contribution in [-0.2, 0) is 11.8 Å². The summed E-state index contributed by atoms with van der Waals surface area (Å²) in [6.07, 6.45) is 10.1. The van der Waals surface area contributed by atoms with Gasteiger partial charge in [0, 0.05) is 44.7 Å². The van der Waals surface area contributed by atoms with Gasteiger partial charge in [0.15, 0.2) is 5.82 Å². The van der Waals surface area contributed by atoms with Crippen molar-refractivity contribution in [3.05, 3.63) is 49.1 Å². The van der Waals surface area contributed by atoms with Gasteiger partial charge in [-0.25, -0.2) is 0 Å². The second-order valence-electron chi connectivity index (χ2n) is 8.83. The fraction of sp³-hybridized carbons (Fsp3) is 0.333. The molecule has 0 saturated heterocycles. The van der Waals surface area contributed by atoms with Crippen LogP contribution >= 0.6 is 0 Å². The molecule has 1 saturated carbocycles. The predicted octanol–water partition coefficient (Wildman–Crippen LogP) is 4.06. The minimum absolute atomic E-state index is 0.0113. The van der Waals surface area contributed by atoms with Crippen molar-refractivity contribution in [1.82, 2.24) is 24.5 Å². The van der Waals surface area contributed by atoms with Gasteiger partial charge in [-0.3, -0.25) is 19.1 Å². The third-order valence-corrected chi connectivity index (χ3v) is 6.50. The van der Waals surface area contributed by atoms with E-state index >= 15 is 0 Å². The van der Waals surface area contributed by atoms with Gasteiger partial charge in [-0.15, -0.1) is 0 Å². The van der Waals surface area contributed by atoms with E-state index < -0.39 is 0 Å². The van der Waals surface area contributed by atoms with Crippen molar-refractivity contribution in [2.75, 3.05) is 16.3 Å². The van der Waals surface area contributed by atoms with E-state index in [1.807, 2.05) is 41.2 Å². The molecule has 1 aromatic carbocycles. The number of carbonyl (C=O) groups is 1. The number of carbonyl (C=O) groups excluding carboxylic acids is 1. The molecule has 1 aliphatic carbocycles. The Morgan fingerprint density at radius 1 is 1.09 bits per heavy atom. The average molecular weight is 428 g/mol. The van der Waals surface area contributed by atoms with Gasteiger partial charge in [0.2, 0.25) is 5.91 Å². The Bertz CT molecular complexity index is 1350. The first kappa shape index (κ1) is 19.0. The van der Waals surface area contributed by atoms with Gasteiger partial charge in [0.25, 0.3) is 0 Å². The maximum atomic E-state index is 12.5. The van der Waals surface area contributed by atoms with Crippen molar-refractivity contribution >= 4 is 34.0 Å². The van der Waals surface area contributed by atoms with Crippen LogP contribution in [0.3, 0.4) is 0 Å². The summed E-state index contributed by atoms with van der Waals surface area (Å²) in [6, 6.07) is 8.81. The molecule has 2 aliphatic rings. The van der Waals surface area contributed by atoms with Gasteiger partial charge in [-0.1, -0.05) is 6.07 Å². The van der Waals surface area contributed by atoms with Crippen LogP contribution in [-0.4, -0.2) is 43.0 Å². The Labute approximate surface area is 186 Å². The van der Waals surface area contributed by atoms with Crippen LogP contribution < -0.4 is 9.80 Å². The Kier molecular flexibility index (Phi) is 4.11. The number of aryl methyl sites for hydroxylation is 1. The molecule has 32 heavy (non-hydrogen) atoms. The monoisotopic (exact) mass is 427 g/mol. The fourth-order valence-corrected chi connectivity index (χ4v) is 4.80. The number of rotatable bonds is 3.